The third-order valence-corrected chi connectivity index (χ3v) is 6.13. The summed E-state index contributed by atoms with van der Waals surface area (Å²) in [7, 11) is 3.01. The van der Waals surface area contributed by atoms with E-state index in [0.717, 1.165) is 0 Å². The summed E-state index contributed by atoms with van der Waals surface area (Å²) in [5.74, 6) is -0.910. The van der Waals surface area contributed by atoms with E-state index >= 15 is 0 Å². The van der Waals surface area contributed by atoms with Gasteiger partial charge in [0.05, 0.1) is 30.7 Å². The minimum atomic E-state index is -1.41. The average molecular weight is 465 g/mol. The van der Waals surface area contributed by atoms with Crippen molar-refractivity contribution in [3.8, 4) is 6.07 Å². The zero-order valence-corrected chi connectivity index (χ0v) is 21.1. The molecule has 0 aliphatic rings. The maximum absolute atomic E-state index is 13.1. The smallest absolute Gasteiger partial charge is 0.313 e. The number of esters is 1. The summed E-state index contributed by atoms with van der Waals surface area (Å²) >= 11 is 0. The standard InChI is InChI=1S/C20H26N2O3.C8H10O/c1-7-13-20(14-21,15-11-9-8-10-12-15)16(23)22-19(4,5)18(2,3)17(24)25-6;1-9-7-8-5-3-2-4-6-8/h7-12H,1,13H2,2-6H3,(H,22,23);2-6H,7H2,1H3. The highest BCUT2D eigenvalue weighted by Crippen LogP contribution is 2.35. The normalized spacial score (nSPS) is 12.7. The van der Waals surface area contributed by atoms with E-state index in [-0.39, 0.29) is 6.42 Å². The molecule has 0 aliphatic heterocycles. The molecule has 6 heteroatoms. The largest absolute Gasteiger partial charge is 0.469 e. The zero-order valence-electron chi connectivity index (χ0n) is 21.1. The number of allylic oxidation sites excluding steroid dienone is 1. The maximum Gasteiger partial charge on any atom is 0.313 e. The first-order valence-electron chi connectivity index (χ1n) is 11.0. The molecule has 0 saturated heterocycles. The van der Waals surface area contributed by atoms with E-state index in [4.69, 9.17) is 9.47 Å². The molecule has 34 heavy (non-hydrogen) atoms. The fraction of sp³-hybridized carbons (Fsp3) is 0.393. The number of nitrogens with one attached hydrogen (secondary N) is 1. The van der Waals surface area contributed by atoms with Gasteiger partial charge < -0.3 is 14.8 Å². The van der Waals surface area contributed by atoms with Crippen LogP contribution in [0.4, 0.5) is 0 Å². The fourth-order valence-corrected chi connectivity index (χ4v) is 3.24. The number of carbonyl (C=O) groups is 2. The number of nitriles is 1. The van der Waals surface area contributed by atoms with Crippen LogP contribution in [0.25, 0.3) is 0 Å². The van der Waals surface area contributed by atoms with Crippen LogP contribution in [0.2, 0.25) is 0 Å². The van der Waals surface area contributed by atoms with Gasteiger partial charge in [-0.25, -0.2) is 0 Å². The van der Waals surface area contributed by atoms with E-state index in [9.17, 15) is 14.9 Å². The Morgan fingerprint density at radius 2 is 1.53 bits per heavy atom. The van der Waals surface area contributed by atoms with Gasteiger partial charge in [-0.2, -0.15) is 5.26 Å². The van der Waals surface area contributed by atoms with Crippen molar-refractivity contribution in [3.63, 3.8) is 0 Å². The van der Waals surface area contributed by atoms with Crippen molar-refractivity contribution in [2.45, 2.75) is 51.7 Å². The maximum atomic E-state index is 13.1. The minimum absolute atomic E-state index is 0.161. The summed E-state index contributed by atoms with van der Waals surface area (Å²) < 4.78 is 9.78. The predicted octanol–water partition coefficient (Wildman–Crippen LogP) is 4.95. The van der Waals surface area contributed by atoms with Crippen molar-refractivity contribution in [1.82, 2.24) is 5.32 Å². The Balaban J connectivity index is 0.000000533. The van der Waals surface area contributed by atoms with Crippen molar-refractivity contribution in [1.29, 1.82) is 5.26 Å². The molecule has 1 unspecified atom stereocenters. The second kappa shape index (κ2) is 12.7. The van der Waals surface area contributed by atoms with Crippen LogP contribution in [-0.2, 0) is 31.1 Å². The van der Waals surface area contributed by atoms with E-state index in [1.54, 1.807) is 65.1 Å². The second-order valence-electron chi connectivity index (χ2n) is 8.99. The van der Waals surface area contributed by atoms with E-state index in [1.165, 1.54) is 12.7 Å². The number of nitrogens with zero attached hydrogens (tertiary/aromatic N) is 1. The number of ether oxygens (including phenoxy) is 2. The van der Waals surface area contributed by atoms with Crippen molar-refractivity contribution in [2.75, 3.05) is 14.2 Å². The molecule has 0 fully saturated rings. The number of hydrogen-bond acceptors (Lipinski definition) is 5. The van der Waals surface area contributed by atoms with Crippen LogP contribution in [0.5, 0.6) is 0 Å². The second-order valence-corrected chi connectivity index (χ2v) is 8.99. The van der Waals surface area contributed by atoms with Gasteiger partial charge in [0.15, 0.2) is 5.41 Å². The summed E-state index contributed by atoms with van der Waals surface area (Å²) in [6.45, 7) is 11.3. The van der Waals surface area contributed by atoms with Gasteiger partial charge in [-0.1, -0.05) is 66.7 Å². The van der Waals surface area contributed by atoms with E-state index in [2.05, 4.69) is 18.0 Å². The first kappa shape index (κ1) is 28.6. The quantitative estimate of drug-likeness (QED) is 0.419. The summed E-state index contributed by atoms with van der Waals surface area (Å²) in [6.07, 6.45) is 1.71. The Kier molecular flexibility index (Phi) is 10.7. The number of methoxy groups -OCH3 is 2. The Labute approximate surface area is 203 Å². The highest BCUT2D eigenvalue weighted by atomic mass is 16.5. The topological polar surface area (TPSA) is 88.4 Å². The van der Waals surface area contributed by atoms with Gasteiger partial charge >= 0.3 is 5.97 Å². The lowest BCUT2D eigenvalue weighted by atomic mass is 9.72. The predicted molar refractivity (Wildman–Crippen MR) is 134 cm³/mol. The Morgan fingerprint density at radius 3 is 1.97 bits per heavy atom. The molecule has 1 N–H and O–H groups in total. The molecule has 182 valence electrons. The van der Waals surface area contributed by atoms with Gasteiger partial charge in [-0.05, 0) is 45.2 Å². The first-order valence-corrected chi connectivity index (χ1v) is 11.0. The lowest BCUT2D eigenvalue weighted by Gasteiger charge is -2.41. The summed E-state index contributed by atoms with van der Waals surface area (Å²) in [6, 6.07) is 21.1. The lowest BCUT2D eigenvalue weighted by Crippen LogP contribution is -2.60. The summed E-state index contributed by atoms with van der Waals surface area (Å²) in [5.41, 5.74) is -1.52. The van der Waals surface area contributed by atoms with Crippen LogP contribution < -0.4 is 5.32 Å². The molecule has 2 aromatic carbocycles. The van der Waals surface area contributed by atoms with Crippen LogP contribution in [-0.4, -0.2) is 31.6 Å². The number of hydrogen-bond donors (Lipinski definition) is 1. The molecular weight excluding hydrogens is 428 g/mol. The summed E-state index contributed by atoms with van der Waals surface area (Å²) in [4.78, 5) is 25.2. The molecule has 0 saturated carbocycles. The molecule has 2 aromatic rings. The van der Waals surface area contributed by atoms with E-state index in [0.29, 0.717) is 12.2 Å². The zero-order chi connectivity index (χ0) is 25.8. The third-order valence-electron chi connectivity index (χ3n) is 6.13. The third kappa shape index (κ3) is 6.79. The Morgan fingerprint density at radius 1 is 1.00 bits per heavy atom. The van der Waals surface area contributed by atoms with Crippen LogP contribution >= 0.6 is 0 Å². The van der Waals surface area contributed by atoms with Crippen molar-refractivity contribution in [3.05, 3.63) is 84.4 Å². The summed E-state index contributed by atoms with van der Waals surface area (Å²) in [5, 5.41) is 12.7. The van der Waals surface area contributed by atoms with Crippen molar-refractivity contribution >= 4 is 11.9 Å². The van der Waals surface area contributed by atoms with Crippen LogP contribution in [0.15, 0.2) is 73.3 Å². The van der Waals surface area contributed by atoms with E-state index < -0.39 is 28.2 Å². The van der Waals surface area contributed by atoms with E-state index in [1.807, 2.05) is 36.4 Å². The number of benzene rings is 2. The van der Waals surface area contributed by atoms with Gasteiger partial charge in [0.1, 0.15) is 0 Å². The highest BCUT2D eigenvalue weighted by Gasteiger charge is 2.49. The molecule has 1 atom stereocenters. The van der Waals surface area contributed by atoms with Gasteiger partial charge in [0, 0.05) is 7.11 Å². The minimum Gasteiger partial charge on any atom is -0.469 e. The lowest BCUT2D eigenvalue weighted by molar-refractivity contribution is -0.155. The van der Waals surface area contributed by atoms with Crippen LogP contribution in [0.1, 0.15) is 45.2 Å². The van der Waals surface area contributed by atoms with Crippen LogP contribution in [0.3, 0.4) is 0 Å². The Hall–Kier alpha value is -3.43. The molecular formula is C28H36N2O4. The Bertz CT molecular complexity index is 978. The molecule has 1 amide bonds. The van der Waals surface area contributed by atoms with Gasteiger partial charge in [-0.3, -0.25) is 9.59 Å². The van der Waals surface area contributed by atoms with Gasteiger partial charge in [-0.15, -0.1) is 6.58 Å². The molecule has 0 radical (unpaired) electrons. The number of rotatable bonds is 9. The first-order chi connectivity index (χ1) is 16.0. The molecule has 6 nitrogen and oxygen atoms in total. The molecule has 2 rings (SSSR count). The fourth-order valence-electron chi connectivity index (χ4n) is 3.24. The molecule has 0 aliphatic carbocycles. The number of amides is 1. The van der Waals surface area contributed by atoms with Crippen molar-refractivity contribution in [2.24, 2.45) is 5.41 Å². The average Bonchev–Trinajstić information content (AvgIpc) is 2.83. The highest BCUT2D eigenvalue weighted by molar-refractivity contribution is 5.93. The molecule has 0 bridgehead atoms. The number of carbonyl (C=O) groups excluding carboxylic acids is 2. The monoisotopic (exact) mass is 464 g/mol. The van der Waals surface area contributed by atoms with Crippen LogP contribution in [0, 0.1) is 16.7 Å². The molecule has 0 heterocycles. The van der Waals surface area contributed by atoms with Gasteiger partial charge in [0.2, 0.25) is 5.91 Å². The SMILES string of the molecule is C=CCC(C#N)(C(=O)NC(C)(C)C(C)(C)C(=O)OC)c1ccccc1.COCc1ccccc1. The van der Waals surface area contributed by atoms with Crippen molar-refractivity contribution < 1.29 is 19.1 Å². The molecule has 0 aromatic heterocycles. The van der Waals surface area contributed by atoms with Gasteiger partial charge in [0.25, 0.3) is 0 Å². The molecule has 0 spiro atoms.